The molecule has 0 bridgehead atoms. The number of hydrogen-bond donors (Lipinski definition) is 4. The third-order valence-corrected chi connectivity index (χ3v) is 9.09. The van der Waals surface area contributed by atoms with Gasteiger partial charge in [-0.05, 0) is 64.2 Å². The Bertz CT molecular complexity index is 1830. The standard InChI is InChI=1S/C17H21FNO3.C16H19FNO4.C11H15NO.6C2H6.2K/c1-11-5-7-14(8-6-11)9-15(13(3)21)19-16(22)12(2)17(4,18)10-20;1-10-4-6-12(7-5-10)8-13(15(21)22)18-14(20)11(2)16(3,17)9-19;1-8-3-5-10(6-4-8)7-11(12)9(2)13;6*1-2;;/h5-8,12,15H,9H2,1-4H3,(H,19,22);4-7,11,13H,8H2,1-3H3,(H,18,20)(H,21,22);3-6,11H,7,12H2,1-2H3;6*1-2H3;;/q2*-1;;;;;;;;2*+1/i12D;11D;;;;;;;;;. The molecule has 0 aliphatic rings. The van der Waals surface area contributed by atoms with Crippen molar-refractivity contribution < 1.29 is 153 Å². The number of Topliss-reactive ketones (excluding diaryl/α,β-unsaturated/α-hetero) is 2. The van der Waals surface area contributed by atoms with E-state index in [-0.39, 0.29) is 133 Å². The number of aryl methyl sites for hydroxylation is 3. The van der Waals surface area contributed by atoms with Crippen molar-refractivity contribution in [1.82, 2.24) is 10.6 Å². The Kier molecular flexibility index (Phi) is 58.0. The molecule has 71 heavy (non-hydrogen) atoms. The van der Waals surface area contributed by atoms with Crippen LogP contribution < -0.4 is 119 Å². The largest absolute Gasteiger partial charge is 1.00 e. The number of alkyl halides is 2. The molecular formula is C56H91F2K2N3O8. The van der Waals surface area contributed by atoms with Gasteiger partial charge in [-0.25, -0.2) is 17.4 Å². The summed E-state index contributed by atoms with van der Waals surface area (Å²) in [6.45, 7) is 36.1. The van der Waals surface area contributed by atoms with Crippen molar-refractivity contribution in [1.29, 1.82) is 0 Å². The van der Waals surface area contributed by atoms with Gasteiger partial charge >= 0.3 is 109 Å². The summed E-state index contributed by atoms with van der Waals surface area (Å²) in [5.41, 5.74) is 5.90. The van der Waals surface area contributed by atoms with E-state index in [2.05, 4.69) is 10.6 Å². The summed E-state index contributed by atoms with van der Waals surface area (Å²) in [5, 5.41) is 13.7. The molecule has 394 valence electrons. The predicted molar refractivity (Wildman–Crippen MR) is 282 cm³/mol. The van der Waals surface area contributed by atoms with E-state index in [1.807, 2.05) is 152 Å². The van der Waals surface area contributed by atoms with E-state index in [9.17, 15) is 47.4 Å². The summed E-state index contributed by atoms with van der Waals surface area (Å²) in [7, 11) is 0. The monoisotopic (exact) mass is 1050 g/mol. The van der Waals surface area contributed by atoms with Gasteiger partial charge in [-0.1, -0.05) is 200 Å². The third kappa shape index (κ3) is 39.9. The summed E-state index contributed by atoms with van der Waals surface area (Å²) in [4.78, 5) is 79.4. The number of ketones is 2. The minimum Gasteiger partial charge on any atom is -0.539 e. The van der Waals surface area contributed by atoms with Crippen LogP contribution >= 0.6 is 0 Å². The van der Waals surface area contributed by atoms with Gasteiger partial charge in [0.1, 0.15) is 11.8 Å². The molecule has 7 atom stereocenters. The second-order valence-corrected chi connectivity index (χ2v) is 14.2. The fourth-order valence-electron chi connectivity index (χ4n) is 4.65. The zero-order valence-corrected chi connectivity index (χ0v) is 54.2. The van der Waals surface area contributed by atoms with E-state index in [1.54, 1.807) is 24.3 Å². The summed E-state index contributed by atoms with van der Waals surface area (Å²) in [6, 6.07) is 19.9. The Morgan fingerprint density at radius 1 is 0.549 bits per heavy atom. The number of carboxylic acid groups (broad SMARTS) is 1. The molecule has 3 aromatic rings. The van der Waals surface area contributed by atoms with Gasteiger partial charge in [0.15, 0.2) is 5.78 Å². The van der Waals surface area contributed by atoms with Gasteiger partial charge in [-0.3, -0.25) is 28.0 Å². The average molecular weight is 1050 g/mol. The minimum absolute atomic E-state index is 0. The molecule has 0 saturated heterocycles. The number of amides is 2. The zero-order valence-electron chi connectivity index (χ0n) is 49.9. The number of halogens is 2. The summed E-state index contributed by atoms with van der Waals surface area (Å²) < 4.78 is 43.5. The molecule has 7 unspecified atom stereocenters. The molecule has 15 heteroatoms. The fraction of sp³-hybridized carbons (Fsp3) is 0.554. The van der Waals surface area contributed by atoms with Gasteiger partial charge in [-0.15, -0.1) is 0 Å². The molecular weight excluding hydrogens is 959 g/mol. The van der Waals surface area contributed by atoms with Crippen molar-refractivity contribution >= 4 is 41.9 Å². The van der Waals surface area contributed by atoms with Crippen LogP contribution in [0.2, 0.25) is 0 Å². The Hall–Kier alpha value is -2.16. The van der Waals surface area contributed by atoms with Gasteiger partial charge in [0.2, 0.25) is 11.8 Å². The number of nitrogens with one attached hydrogen (secondary N) is 2. The molecule has 3 aromatic carbocycles. The fourth-order valence-corrected chi connectivity index (χ4v) is 4.65. The van der Waals surface area contributed by atoms with Crippen LogP contribution in [0.25, 0.3) is 0 Å². The normalized spacial score (nSPS) is 14.1. The van der Waals surface area contributed by atoms with Crippen molar-refractivity contribution in [3.63, 3.8) is 0 Å². The van der Waals surface area contributed by atoms with Gasteiger partial charge in [0.05, 0.1) is 12.1 Å². The van der Waals surface area contributed by atoms with E-state index >= 15 is 0 Å². The smallest absolute Gasteiger partial charge is 0.539 e. The maximum absolute atomic E-state index is 14.0. The maximum Gasteiger partial charge on any atom is 1.00 e. The number of hydrogen-bond acceptors (Lipinski definition) is 8. The van der Waals surface area contributed by atoms with Crippen LogP contribution in [-0.2, 0) is 52.8 Å². The number of rotatable bonds is 17. The molecule has 0 heterocycles. The summed E-state index contributed by atoms with van der Waals surface area (Å²) in [5.74, 6) is -8.68. The van der Waals surface area contributed by atoms with E-state index in [4.69, 9.17) is 8.48 Å². The average Bonchev–Trinajstić information content (AvgIpc) is 3.36. The molecule has 0 radical (unpaired) electrons. The third-order valence-electron chi connectivity index (χ3n) is 9.09. The molecule has 5 N–H and O–H groups in total. The van der Waals surface area contributed by atoms with E-state index in [0.717, 1.165) is 62.5 Å². The van der Waals surface area contributed by atoms with Crippen molar-refractivity contribution in [2.45, 2.75) is 194 Å². The van der Waals surface area contributed by atoms with Crippen LogP contribution in [-0.4, -0.2) is 76.5 Å². The van der Waals surface area contributed by atoms with Crippen LogP contribution in [0.1, 0.15) is 161 Å². The number of carboxylic acids is 1. The molecule has 2 amide bonds. The maximum atomic E-state index is 14.0. The van der Waals surface area contributed by atoms with Gasteiger partial charge in [0.25, 0.3) is 0 Å². The quantitative estimate of drug-likeness (QED) is 0.103. The van der Waals surface area contributed by atoms with Crippen LogP contribution in [0.15, 0.2) is 72.8 Å². The molecule has 11 nitrogen and oxygen atoms in total. The first kappa shape index (κ1) is 80.2. The first-order chi connectivity index (χ1) is 33.1. The number of carbonyl (C=O) groups excluding carboxylic acids is 6. The molecule has 0 aromatic heterocycles. The van der Waals surface area contributed by atoms with E-state index < -0.39 is 53.0 Å². The Morgan fingerprint density at radius 2 is 0.789 bits per heavy atom. The van der Waals surface area contributed by atoms with Crippen LogP contribution in [0.5, 0.6) is 0 Å². The van der Waals surface area contributed by atoms with Gasteiger partial charge in [-0.2, -0.15) is 0 Å². The number of nitrogens with two attached hydrogens (primary N) is 1. The molecule has 0 aliphatic heterocycles. The first-order valence-corrected chi connectivity index (χ1v) is 24.1. The number of benzene rings is 3. The van der Waals surface area contributed by atoms with Crippen LogP contribution in [0, 0.1) is 32.6 Å². The van der Waals surface area contributed by atoms with Crippen molar-refractivity contribution in [2.75, 3.05) is 0 Å². The number of carbonyl (C=O) groups is 5. The second-order valence-electron chi connectivity index (χ2n) is 14.2. The Morgan fingerprint density at radius 3 is 1.01 bits per heavy atom. The zero-order chi connectivity index (χ0) is 57.5. The Labute approximate surface area is 517 Å². The Balaban J connectivity index is -0.000000132. The SMILES string of the molecule is CC.CC.CC.CC.CC.CC.CC(=O)C(N)Cc1ccc(C)cc1.[2H]C(C)(C(=O)NC(Cc1ccc(C)cc1)C(=O)O)C(C)(F)[C-]=O.[2H]C(C)(C(=O)NC(Cc1ccc(C)cc1)C(C)=O)C(C)(F)[C-]=O.[K+].[K+]. The number of aliphatic carboxylic acids is 1. The summed E-state index contributed by atoms with van der Waals surface area (Å²) >= 11 is 0. The van der Waals surface area contributed by atoms with Crippen molar-refractivity contribution in [3.05, 3.63) is 106 Å². The van der Waals surface area contributed by atoms with E-state index in [1.165, 1.54) is 19.4 Å². The van der Waals surface area contributed by atoms with Crippen LogP contribution in [0.4, 0.5) is 8.78 Å². The van der Waals surface area contributed by atoms with Crippen LogP contribution in [0.3, 0.4) is 0 Å². The topological polar surface area (TPSA) is 190 Å². The van der Waals surface area contributed by atoms with Crippen molar-refractivity contribution in [2.24, 2.45) is 17.5 Å². The minimum atomic E-state index is -2.86. The molecule has 0 spiro atoms. The second kappa shape index (κ2) is 51.3. The molecule has 0 aliphatic carbocycles. The van der Waals surface area contributed by atoms with E-state index in [0.29, 0.717) is 12.0 Å². The summed E-state index contributed by atoms with van der Waals surface area (Å²) in [6.07, 6.45) is 2.92. The molecule has 3 rings (SSSR count). The molecule has 0 fully saturated rings. The predicted octanol–water partition coefficient (Wildman–Crippen LogP) is 5.29. The van der Waals surface area contributed by atoms with Gasteiger partial charge in [0, 0.05) is 32.3 Å². The van der Waals surface area contributed by atoms with Crippen molar-refractivity contribution in [3.8, 4) is 0 Å². The van der Waals surface area contributed by atoms with Gasteiger partial charge < -0.3 is 31.1 Å². The first-order valence-electron chi connectivity index (χ1n) is 25.1. The molecule has 0 saturated carbocycles.